The van der Waals surface area contributed by atoms with Gasteiger partial charge >= 0.3 is 13.5 Å². The number of nitrogens with zero attached hydrogens (tertiary/aromatic N) is 5. The number of oxime groups is 1. The number of aromatic nitrogens is 4. The first-order valence-electron chi connectivity index (χ1n) is 13.8. The fourth-order valence-electron chi connectivity index (χ4n) is 4.70. The third kappa shape index (κ3) is 8.71. The van der Waals surface area contributed by atoms with Crippen LogP contribution in [0.1, 0.15) is 73.6 Å². The summed E-state index contributed by atoms with van der Waals surface area (Å²) in [5.74, 6) is -0.595. The van der Waals surface area contributed by atoms with E-state index in [4.69, 9.17) is 15.1 Å². The van der Waals surface area contributed by atoms with Gasteiger partial charge in [0.2, 0.25) is 0 Å². The van der Waals surface area contributed by atoms with E-state index in [1.54, 1.807) is 17.8 Å². The Morgan fingerprint density at radius 2 is 1.85 bits per heavy atom. The number of nitrogens with two attached hydrogens (primary N) is 1. The van der Waals surface area contributed by atoms with E-state index >= 15 is 0 Å². The van der Waals surface area contributed by atoms with Crippen molar-refractivity contribution in [1.29, 1.82) is 0 Å². The minimum absolute atomic E-state index is 0.0997. The number of carboxylic acids is 1. The second-order valence-electron chi connectivity index (χ2n) is 11.5. The van der Waals surface area contributed by atoms with Crippen molar-refractivity contribution < 1.29 is 23.8 Å². The fraction of sp³-hybridized carbons (Fsp3) is 0.731. The fourth-order valence-corrected chi connectivity index (χ4v) is 6.46. The first-order valence-corrected chi connectivity index (χ1v) is 15.6. The van der Waals surface area contributed by atoms with E-state index in [2.05, 4.69) is 52.9 Å². The van der Waals surface area contributed by atoms with E-state index in [0.29, 0.717) is 48.2 Å². The average Bonchev–Trinajstić information content (AvgIpc) is 3.22. The Labute approximate surface area is 230 Å². The summed E-state index contributed by atoms with van der Waals surface area (Å²) < 4.78 is 27.9. The average molecular weight is 566 g/mol. The number of anilines is 1. The molecule has 4 N–H and O–H groups in total. The molecule has 218 valence electrons. The molecular weight excluding hydrogens is 521 g/mol. The van der Waals surface area contributed by atoms with Gasteiger partial charge in [-0.25, -0.2) is 20.0 Å². The number of ether oxygens (including phenoxy) is 1. The van der Waals surface area contributed by atoms with Gasteiger partial charge in [-0.05, 0) is 50.4 Å². The molecule has 2 aromatic rings. The Kier molecular flexibility index (Phi) is 10.9. The molecule has 1 fully saturated rings. The van der Waals surface area contributed by atoms with Crippen molar-refractivity contribution in [1.82, 2.24) is 24.6 Å². The van der Waals surface area contributed by atoms with Crippen LogP contribution in [0.25, 0.3) is 11.2 Å². The van der Waals surface area contributed by atoms with Gasteiger partial charge in [0, 0.05) is 6.04 Å². The van der Waals surface area contributed by atoms with Crippen molar-refractivity contribution in [2.75, 3.05) is 12.1 Å². The van der Waals surface area contributed by atoms with Crippen molar-refractivity contribution in [2.24, 2.45) is 28.8 Å². The van der Waals surface area contributed by atoms with Gasteiger partial charge in [-0.15, -0.1) is 0 Å². The Bertz CT molecular complexity index is 1170. The Morgan fingerprint density at radius 3 is 2.41 bits per heavy atom. The monoisotopic (exact) mass is 565 g/mol. The smallest absolute Gasteiger partial charge is 0.364 e. The minimum atomic E-state index is -3.74. The summed E-state index contributed by atoms with van der Waals surface area (Å²) in [6.07, 6.45) is 6.52. The van der Waals surface area contributed by atoms with Crippen molar-refractivity contribution in [3.8, 4) is 0 Å². The van der Waals surface area contributed by atoms with E-state index in [9.17, 15) is 14.5 Å². The number of nitrogens with one attached hydrogen (secondary N) is 1. The molecule has 2 aromatic heterocycles. The summed E-state index contributed by atoms with van der Waals surface area (Å²) in [5, 5.41) is 17.2. The Hall–Kier alpha value is -2.56. The lowest BCUT2D eigenvalue weighted by atomic mass is 9.76. The third-order valence-electron chi connectivity index (χ3n) is 6.93. The van der Waals surface area contributed by atoms with Crippen molar-refractivity contribution in [3.05, 3.63) is 12.7 Å². The predicted octanol–water partition coefficient (Wildman–Crippen LogP) is 4.91. The van der Waals surface area contributed by atoms with Crippen LogP contribution in [0.15, 0.2) is 17.8 Å². The van der Waals surface area contributed by atoms with Crippen LogP contribution < -0.4 is 10.8 Å². The highest BCUT2D eigenvalue weighted by molar-refractivity contribution is 7.56. The van der Waals surface area contributed by atoms with E-state index in [0.717, 1.165) is 25.0 Å². The molecule has 3 rings (SSSR count). The summed E-state index contributed by atoms with van der Waals surface area (Å²) in [6, 6.07) is -0.521. The SMILES string of the molecule is CC(C)CC(CC(C)C)=NO[P@](=O)(CO[C@H](C)Cn1cnc2c(N)ncnc21)NC(C1CCC1)C(C)C(=O)O. The van der Waals surface area contributed by atoms with Crippen LogP contribution in [0.4, 0.5) is 5.82 Å². The van der Waals surface area contributed by atoms with Gasteiger partial charge in [-0.1, -0.05) is 46.2 Å². The van der Waals surface area contributed by atoms with E-state index < -0.39 is 31.6 Å². The number of nitrogen functional groups attached to an aromatic ring is 1. The molecule has 0 bridgehead atoms. The lowest BCUT2D eigenvalue weighted by molar-refractivity contribution is -0.142. The van der Waals surface area contributed by atoms with Gasteiger partial charge < -0.3 is 24.8 Å². The van der Waals surface area contributed by atoms with Crippen LogP contribution in [0.3, 0.4) is 0 Å². The number of hydrogen-bond acceptors (Lipinski definition) is 9. The van der Waals surface area contributed by atoms with Gasteiger partial charge in [-0.3, -0.25) is 9.36 Å². The molecular formula is C26H44N7O5P. The summed E-state index contributed by atoms with van der Waals surface area (Å²) in [4.78, 5) is 24.4. The number of aliphatic carboxylic acids is 1. The molecule has 2 heterocycles. The minimum Gasteiger partial charge on any atom is -0.481 e. The molecule has 0 spiro atoms. The molecule has 12 nitrogen and oxygen atoms in total. The van der Waals surface area contributed by atoms with Gasteiger partial charge in [0.05, 0.1) is 30.6 Å². The summed E-state index contributed by atoms with van der Waals surface area (Å²) in [5.41, 5.74) is 7.79. The highest BCUT2D eigenvalue weighted by Gasteiger charge is 2.40. The molecule has 0 aliphatic heterocycles. The van der Waals surface area contributed by atoms with Crippen LogP contribution in [-0.2, 0) is 25.3 Å². The predicted molar refractivity (Wildman–Crippen MR) is 151 cm³/mol. The van der Waals surface area contributed by atoms with Crippen molar-refractivity contribution in [3.63, 3.8) is 0 Å². The van der Waals surface area contributed by atoms with Crippen LogP contribution in [0.2, 0.25) is 0 Å². The molecule has 1 aliphatic rings. The third-order valence-corrected chi connectivity index (χ3v) is 8.46. The highest BCUT2D eigenvalue weighted by atomic mass is 31.2. The highest BCUT2D eigenvalue weighted by Crippen LogP contribution is 2.47. The maximum absolute atomic E-state index is 14.2. The van der Waals surface area contributed by atoms with Gasteiger partial charge in [-0.2, -0.15) is 0 Å². The van der Waals surface area contributed by atoms with E-state index in [-0.39, 0.29) is 12.3 Å². The molecule has 13 heteroatoms. The second-order valence-corrected chi connectivity index (χ2v) is 13.5. The number of carboxylic acid groups (broad SMARTS) is 1. The Balaban J connectivity index is 1.80. The molecule has 0 saturated heterocycles. The first kappa shape index (κ1) is 31.0. The molecule has 39 heavy (non-hydrogen) atoms. The van der Waals surface area contributed by atoms with Gasteiger partial charge in [0.25, 0.3) is 0 Å². The van der Waals surface area contributed by atoms with Crippen LogP contribution in [0, 0.1) is 23.7 Å². The summed E-state index contributed by atoms with van der Waals surface area (Å²) in [6.45, 7) is 12.2. The van der Waals surface area contributed by atoms with Crippen LogP contribution >= 0.6 is 7.52 Å². The molecule has 0 amide bonds. The summed E-state index contributed by atoms with van der Waals surface area (Å²) >= 11 is 0. The quantitative estimate of drug-likeness (QED) is 0.145. The summed E-state index contributed by atoms with van der Waals surface area (Å²) in [7, 11) is -3.74. The number of carbonyl (C=O) groups is 1. The van der Waals surface area contributed by atoms with Crippen LogP contribution in [0.5, 0.6) is 0 Å². The van der Waals surface area contributed by atoms with Crippen LogP contribution in [-0.4, -0.2) is 54.8 Å². The zero-order valence-corrected chi connectivity index (χ0v) is 24.8. The normalized spacial score (nSPS) is 17.9. The molecule has 1 saturated carbocycles. The van der Waals surface area contributed by atoms with Crippen molar-refractivity contribution in [2.45, 2.75) is 92.3 Å². The van der Waals surface area contributed by atoms with Crippen molar-refractivity contribution >= 4 is 36.2 Å². The zero-order chi connectivity index (χ0) is 28.7. The van der Waals surface area contributed by atoms with Gasteiger partial charge in [0.1, 0.15) is 18.2 Å². The number of hydrogen-bond donors (Lipinski definition) is 3. The van der Waals surface area contributed by atoms with E-state index in [1.165, 1.54) is 6.33 Å². The maximum atomic E-state index is 14.2. The maximum Gasteiger partial charge on any atom is 0.364 e. The van der Waals surface area contributed by atoms with E-state index in [1.807, 2.05) is 6.92 Å². The molecule has 4 atom stereocenters. The van der Waals surface area contributed by atoms with Gasteiger partial charge in [0.15, 0.2) is 11.5 Å². The molecule has 0 aromatic carbocycles. The topological polar surface area (TPSA) is 167 Å². The largest absolute Gasteiger partial charge is 0.481 e. The molecule has 1 aliphatic carbocycles. The lowest BCUT2D eigenvalue weighted by Crippen LogP contribution is -2.45. The number of imidazole rings is 1. The number of rotatable bonds is 16. The first-order chi connectivity index (χ1) is 18.4. The Morgan fingerprint density at radius 1 is 1.18 bits per heavy atom. The number of fused-ring (bicyclic) bond motifs is 1. The molecule has 0 radical (unpaired) electrons. The second kappa shape index (κ2) is 13.7. The zero-order valence-electron chi connectivity index (χ0n) is 23.9. The molecule has 2 unspecified atom stereocenters. The standard InChI is InChI=1S/C26H44N7O5P/c1-16(2)10-21(11-17(3)4)31-38-39(36,32-22(19(6)26(34)35)20-8-7-9-20)15-37-18(5)12-33-14-30-23-24(27)28-13-29-25(23)33/h13-14,16-20,22H,7-12,15H2,1-6H3,(H,32,36)(H,34,35)(H2,27,28,29)/t18-,19?,22?,39-/m1/s1. The lowest BCUT2D eigenvalue weighted by Gasteiger charge is -2.38.